The summed E-state index contributed by atoms with van der Waals surface area (Å²) in [4.78, 5) is 1.56. The quantitative estimate of drug-likeness (QED) is 0.923. The first-order valence-electron chi connectivity index (χ1n) is 5.52. The Morgan fingerprint density at radius 2 is 1.89 bits per heavy atom. The lowest BCUT2D eigenvalue weighted by Crippen LogP contribution is -2.19. The Labute approximate surface area is 109 Å². The number of nitrogens with two attached hydrogens (primary N) is 1. The van der Waals surface area contributed by atoms with Crippen LogP contribution in [-0.4, -0.2) is 7.05 Å². The Morgan fingerprint density at radius 1 is 1.22 bits per heavy atom. The summed E-state index contributed by atoms with van der Waals surface area (Å²) in [5, 5.41) is 3.90. The van der Waals surface area contributed by atoms with Crippen LogP contribution >= 0.6 is 11.3 Å². The Kier molecular flexibility index (Phi) is 3.93. The van der Waals surface area contributed by atoms with Crippen molar-refractivity contribution in [1.82, 2.24) is 0 Å². The van der Waals surface area contributed by atoms with Gasteiger partial charge in [0.15, 0.2) is 0 Å². The van der Waals surface area contributed by atoms with E-state index in [1.165, 1.54) is 12.1 Å². The van der Waals surface area contributed by atoms with Gasteiger partial charge in [0.1, 0.15) is 17.3 Å². The minimum Gasteiger partial charge on any atom is -0.365 e. The van der Waals surface area contributed by atoms with Crippen LogP contribution in [0.3, 0.4) is 0 Å². The van der Waals surface area contributed by atoms with Gasteiger partial charge in [0, 0.05) is 20.1 Å². The lowest BCUT2D eigenvalue weighted by Gasteiger charge is -2.20. The van der Waals surface area contributed by atoms with E-state index < -0.39 is 11.6 Å². The van der Waals surface area contributed by atoms with Crippen LogP contribution in [0.4, 0.5) is 14.5 Å². The fraction of sp³-hybridized carbons (Fsp3) is 0.231. The fourth-order valence-corrected chi connectivity index (χ4v) is 2.50. The molecule has 2 nitrogen and oxygen atoms in total. The van der Waals surface area contributed by atoms with Crippen LogP contribution < -0.4 is 10.6 Å². The van der Waals surface area contributed by atoms with Crippen molar-refractivity contribution in [3.63, 3.8) is 0 Å². The number of benzene rings is 1. The van der Waals surface area contributed by atoms with E-state index in [1.807, 2.05) is 16.8 Å². The van der Waals surface area contributed by atoms with Gasteiger partial charge in [0.25, 0.3) is 0 Å². The number of rotatable bonds is 4. The standard InChI is InChI=1S/C13H14F2N2S/c1-17(7-9-2-3-18-8-9)13-11(14)4-10(6-16)5-12(13)15/h2-5,8H,6-7,16H2,1H3. The minimum atomic E-state index is -0.576. The van der Waals surface area contributed by atoms with Gasteiger partial charge in [0.05, 0.1) is 0 Å². The molecule has 18 heavy (non-hydrogen) atoms. The third kappa shape index (κ3) is 2.68. The number of hydrogen-bond donors (Lipinski definition) is 1. The van der Waals surface area contributed by atoms with Gasteiger partial charge in [-0.3, -0.25) is 0 Å². The van der Waals surface area contributed by atoms with Gasteiger partial charge in [-0.15, -0.1) is 0 Å². The predicted molar refractivity (Wildman–Crippen MR) is 70.7 cm³/mol. The van der Waals surface area contributed by atoms with E-state index in [0.29, 0.717) is 12.1 Å². The molecule has 0 saturated heterocycles. The second-order valence-corrected chi connectivity index (χ2v) is 4.88. The minimum absolute atomic E-state index is 0.0154. The zero-order valence-electron chi connectivity index (χ0n) is 9.99. The predicted octanol–water partition coefficient (Wildman–Crippen LogP) is 3.12. The van der Waals surface area contributed by atoms with Crippen molar-refractivity contribution >= 4 is 17.0 Å². The van der Waals surface area contributed by atoms with Crippen LogP contribution in [0, 0.1) is 11.6 Å². The van der Waals surface area contributed by atoms with Crippen molar-refractivity contribution in [3.8, 4) is 0 Å². The molecule has 0 unspecified atom stereocenters. The van der Waals surface area contributed by atoms with E-state index in [-0.39, 0.29) is 12.2 Å². The largest absolute Gasteiger partial charge is 0.365 e. The Hall–Kier alpha value is -1.46. The highest BCUT2D eigenvalue weighted by Crippen LogP contribution is 2.25. The van der Waals surface area contributed by atoms with Crippen molar-refractivity contribution in [1.29, 1.82) is 0 Å². The number of anilines is 1. The zero-order valence-corrected chi connectivity index (χ0v) is 10.8. The Bertz CT molecular complexity index is 503. The highest BCUT2D eigenvalue weighted by Gasteiger charge is 2.15. The van der Waals surface area contributed by atoms with Crippen molar-refractivity contribution < 1.29 is 8.78 Å². The SMILES string of the molecule is CN(Cc1ccsc1)c1c(F)cc(CN)cc1F. The molecule has 5 heteroatoms. The van der Waals surface area contributed by atoms with E-state index in [1.54, 1.807) is 23.3 Å². The molecule has 0 bridgehead atoms. The molecule has 2 rings (SSSR count). The lowest BCUT2D eigenvalue weighted by molar-refractivity contribution is 0.573. The third-order valence-electron chi connectivity index (χ3n) is 2.69. The van der Waals surface area contributed by atoms with Crippen LogP contribution in [0.15, 0.2) is 29.0 Å². The molecule has 1 heterocycles. The summed E-state index contributed by atoms with van der Waals surface area (Å²) in [6, 6.07) is 4.50. The van der Waals surface area contributed by atoms with Crippen molar-refractivity contribution in [2.24, 2.45) is 5.73 Å². The first-order valence-corrected chi connectivity index (χ1v) is 6.46. The molecule has 2 N–H and O–H groups in total. The highest BCUT2D eigenvalue weighted by molar-refractivity contribution is 7.07. The molecule has 0 saturated carbocycles. The molecule has 0 radical (unpaired) electrons. The highest BCUT2D eigenvalue weighted by atomic mass is 32.1. The zero-order chi connectivity index (χ0) is 13.1. The molecule has 1 aromatic heterocycles. The van der Waals surface area contributed by atoms with Gasteiger partial charge in [-0.25, -0.2) is 8.78 Å². The third-order valence-corrected chi connectivity index (χ3v) is 3.43. The fourth-order valence-electron chi connectivity index (χ4n) is 1.84. The van der Waals surface area contributed by atoms with Gasteiger partial charge >= 0.3 is 0 Å². The van der Waals surface area contributed by atoms with Gasteiger partial charge < -0.3 is 10.6 Å². The normalized spacial score (nSPS) is 10.7. The maximum atomic E-state index is 13.8. The second kappa shape index (κ2) is 5.46. The van der Waals surface area contributed by atoms with Crippen LogP contribution in [0.2, 0.25) is 0 Å². The van der Waals surface area contributed by atoms with Gasteiger partial charge in [0.2, 0.25) is 0 Å². The maximum absolute atomic E-state index is 13.8. The lowest BCUT2D eigenvalue weighted by atomic mass is 10.1. The average molecular weight is 268 g/mol. The van der Waals surface area contributed by atoms with Gasteiger partial charge in [-0.2, -0.15) is 11.3 Å². The molecule has 0 aliphatic rings. The molecule has 2 aromatic rings. The second-order valence-electron chi connectivity index (χ2n) is 4.10. The number of thiophene rings is 1. The average Bonchev–Trinajstić information content (AvgIpc) is 2.80. The Morgan fingerprint density at radius 3 is 2.39 bits per heavy atom. The summed E-state index contributed by atoms with van der Waals surface area (Å²) in [6.45, 7) is 0.599. The van der Waals surface area contributed by atoms with E-state index in [9.17, 15) is 8.78 Å². The summed E-state index contributed by atoms with van der Waals surface area (Å²) >= 11 is 1.56. The molecule has 0 aliphatic heterocycles. The smallest absolute Gasteiger partial charge is 0.149 e. The van der Waals surface area contributed by atoms with E-state index in [2.05, 4.69) is 0 Å². The molecule has 0 atom stereocenters. The van der Waals surface area contributed by atoms with Crippen LogP contribution in [0.5, 0.6) is 0 Å². The Balaban J connectivity index is 2.27. The van der Waals surface area contributed by atoms with Crippen molar-refractivity contribution in [2.45, 2.75) is 13.1 Å². The molecule has 0 aliphatic carbocycles. The van der Waals surface area contributed by atoms with E-state index in [0.717, 1.165) is 5.56 Å². The summed E-state index contributed by atoms with van der Waals surface area (Å²) in [5.41, 5.74) is 6.85. The first kappa shape index (κ1) is 13.0. The van der Waals surface area contributed by atoms with Gasteiger partial charge in [-0.1, -0.05) is 0 Å². The molecule has 0 fully saturated rings. The number of nitrogens with zero attached hydrogens (tertiary/aromatic N) is 1. The summed E-state index contributed by atoms with van der Waals surface area (Å²) in [7, 11) is 1.67. The monoisotopic (exact) mass is 268 g/mol. The maximum Gasteiger partial charge on any atom is 0.149 e. The number of hydrogen-bond acceptors (Lipinski definition) is 3. The molecular weight excluding hydrogens is 254 g/mol. The van der Waals surface area contributed by atoms with E-state index in [4.69, 9.17) is 5.73 Å². The molecule has 1 aromatic carbocycles. The number of halogens is 2. The molecule has 96 valence electrons. The van der Waals surface area contributed by atoms with E-state index >= 15 is 0 Å². The summed E-state index contributed by atoms with van der Waals surface area (Å²) in [5.74, 6) is -1.15. The van der Waals surface area contributed by atoms with Crippen LogP contribution in [0.1, 0.15) is 11.1 Å². The molecule has 0 spiro atoms. The van der Waals surface area contributed by atoms with Crippen molar-refractivity contribution in [2.75, 3.05) is 11.9 Å². The summed E-state index contributed by atoms with van der Waals surface area (Å²) < 4.78 is 27.7. The first-order chi connectivity index (χ1) is 8.61. The van der Waals surface area contributed by atoms with Crippen LogP contribution in [-0.2, 0) is 13.1 Å². The van der Waals surface area contributed by atoms with Crippen molar-refractivity contribution in [3.05, 3.63) is 51.7 Å². The molecule has 0 amide bonds. The van der Waals surface area contributed by atoms with Gasteiger partial charge in [-0.05, 0) is 40.1 Å². The summed E-state index contributed by atoms with van der Waals surface area (Å²) in [6.07, 6.45) is 0. The molecular formula is C13H14F2N2S. The topological polar surface area (TPSA) is 29.3 Å². The van der Waals surface area contributed by atoms with Crippen LogP contribution in [0.25, 0.3) is 0 Å².